The van der Waals surface area contributed by atoms with E-state index in [-0.39, 0.29) is 24.3 Å². The van der Waals surface area contributed by atoms with Crippen LogP contribution in [0, 0.1) is 0 Å². The van der Waals surface area contributed by atoms with E-state index in [1.54, 1.807) is 19.0 Å². The second-order valence-corrected chi connectivity index (χ2v) is 8.34. The van der Waals surface area contributed by atoms with Crippen molar-refractivity contribution in [3.63, 3.8) is 0 Å². The monoisotopic (exact) mass is 380 g/mol. The molecule has 154 valence electrons. The van der Waals surface area contributed by atoms with E-state index in [0.29, 0.717) is 25.2 Å². The summed E-state index contributed by atoms with van der Waals surface area (Å²) >= 11 is 0. The van der Waals surface area contributed by atoms with E-state index in [4.69, 9.17) is 9.47 Å². The first-order chi connectivity index (χ1) is 13.1. The van der Waals surface area contributed by atoms with Crippen molar-refractivity contribution in [1.82, 2.24) is 15.5 Å². The molecule has 0 radical (unpaired) electrons. The summed E-state index contributed by atoms with van der Waals surface area (Å²) in [5.41, 5.74) is 0. The van der Waals surface area contributed by atoms with Crippen LogP contribution < -0.4 is 10.6 Å². The lowest BCUT2D eigenvalue weighted by Gasteiger charge is -2.26. The molecule has 7 nitrogen and oxygen atoms in total. The van der Waals surface area contributed by atoms with E-state index in [2.05, 4.69) is 15.6 Å². The minimum atomic E-state index is -0.361. The number of carbonyl (C=O) groups is 1. The number of guanidine groups is 1. The van der Waals surface area contributed by atoms with Crippen molar-refractivity contribution >= 4 is 11.9 Å². The number of ether oxygens (including phenoxy) is 2. The average molecular weight is 381 g/mol. The maximum atomic E-state index is 11.9. The summed E-state index contributed by atoms with van der Waals surface area (Å²) in [6, 6.07) is 0.444. The lowest BCUT2D eigenvalue weighted by molar-refractivity contribution is -0.175. The van der Waals surface area contributed by atoms with Gasteiger partial charge in [0.2, 0.25) is 5.91 Å². The third kappa shape index (κ3) is 6.07. The van der Waals surface area contributed by atoms with Gasteiger partial charge in [0.15, 0.2) is 11.7 Å². The molecule has 0 bridgehead atoms. The van der Waals surface area contributed by atoms with Gasteiger partial charge < -0.3 is 25.0 Å². The minimum absolute atomic E-state index is 0.000352. The Bertz CT molecular complexity index is 509. The van der Waals surface area contributed by atoms with Crippen LogP contribution in [-0.2, 0) is 14.3 Å². The summed E-state index contributed by atoms with van der Waals surface area (Å²) in [4.78, 5) is 18.0. The molecule has 1 heterocycles. The number of hydrogen-bond donors (Lipinski definition) is 2. The van der Waals surface area contributed by atoms with Crippen molar-refractivity contribution in [2.24, 2.45) is 4.99 Å². The topological polar surface area (TPSA) is 75.2 Å². The van der Waals surface area contributed by atoms with E-state index < -0.39 is 0 Å². The van der Waals surface area contributed by atoms with Gasteiger partial charge in [0.25, 0.3) is 0 Å². The Hall–Kier alpha value is -1.34. The number of nitrogens with one attached hydrogen (secondary N) is 2. The maximum absolute atomic E-state index is 11.9. The van der Waals surface area contributed by atoms with Gasteiger partial charge in [0.1, 0.15) is 12.6 Å². The molecule has 1 amide bonds. The van der Waals surface area contributed by atoms with E-state index in [1.807, 2.05) is 0 Å². The van der Waals surface area contributed by atoms with Gasteiger partial charge in [0, 0.05) is 39.5 Å². The largest absolute Gasteiger partial charge is 0.354 e. The highest BCUT2D eigenvalue weighted by atomic mass is 16.7. The van der Waals surface area contributed by atoms with Crippen LogP contribution in [0.3, 0.4) is 0 Å². The molecule has 2 aliphatic carbocycles. The summed E-state index contributed by atoms with van der Waals surface area (Å²) in [6.07, 6.45) is 11.8. The number of amides is 1. The highest BCUT2D eigenvalue weighted by Crippen LogP contribution is 2.36. The van der Waals surface area contributed by atoms with Crippen LogP contribution >= 0.6 is 0 Å². The second kappa shape index (κ2) is 9.73. The standard InChI is InChI=1S/C20H36N4O3/c1-24(2)18(25)14-22-19(23-16-9-5-6-10-16)21-13-17-15-26-20(27-17)11-7-3-4-8-12-20/h16-17H,3-15H2,1-2H3,(H2,21,22,23). The van der Waals surface area contributed by atoms with Gasteiger partial charge in [-0.15, -0.1) is 0 Å². The van der Waals surface area contributed by atoms with Gasteiger partial charge in [-0.25, -0.2) is 4.99 Å². The van der Waals surface area contributed by atoms with Crippen LogP contribution in [0.4, 0.5) is 0 Å². The molecule has 3 aliphatic rings. The van der Waals surface area contributed by atoms with Crippen molar-refractivity contribution in [1.29, 1.82) is 0 Å². The van der Waals surface area contributed by atoms with Crippen molar-refractivity contribution in [3.05, 3.63) is 0 Å². The molecule has 3 fully saturated rings. The van der Waals surface area contributed by atoms with Crippen LogP contribution in [-0.4, -0.2) is 68.5 Å². The number of aliphatic imine (C=N–C) groups is 1. The van der Waals surface area contributed by atoms with Crippen molar-refractivity contribution < 1.29 is 14.3 Å². The highest BCUT2D eigenvalue weighted by molar-refractivity contribution is 5.85. The maximum Gasteiger partial charge on any atom is 0.243 e. The molecule has 1 aliphatic heterocycles. The molecular formula is C20H36N4O3. The third-order valence-corrected chi connectivity index (χ3v) is 5.84. The minimum Gasteiger partial charge on any atom is -0.354 e. The SMILES string of the molecule is CN(C)C(=O)CN=C(NCC1COC2(CCCCCC2)O1)NC1CCCC1. The van der Waals surface area contributed by atoms with Gasteiger partial charge in [-0.2, -0.15) is 0 Å². The van der Waals surface area contributed by atoms with Crippen molar-refractivity contribution in [2.45, 2.75) is 82.1 Å². The molecule has 0 aromatic carbocycles. The molecule has 2 saturated carbocycles. The average Bonchev–Trinajstić information content (AvgIpc) is 3.24. The van der Waals surface area contributed by atoms with Crippen LogP contribution in [0.15, 0.2) is 4.99 Å². The Labute approximate surface area is 163 Å². The summed E-state index contributed by atoms with van der Waals surface area (Å²) in [5.74, 6) is 0.350. The molecule has 1 spiro atoms. The van der Waals surface area contributed by atoms with Crippen LogP contribution in [0.2, 0.25) is 0 Å². The van der Waals surface area contributed by atoms with Crippen LogP contribution in [0.5, 0.6) is 0 Å². The van der Waals surface area contributed by atoms with Gasteiger partial charge in [0.05, 0.1) is 6.61 Å². The van der Waals surface area contributed by atoms with Gasteiger partial charge in [-0.3, -0.25) is 4.79 Å². The fraction of sp³-hybridized carbons (Fsp3) is 0.900. The first-order valence-corrected chi connectivity index (χ1v) is 10.6. The molecule has 1 atom stereocenters. The predicted octanol–water partition coefficient (Wildman–Crippen LogP) is 2.02. The number of nitrogens with zero attached hydrogens (tertiary/aromatic N) is 2. The second-order valence-electron chi connectivity index (χ2n) is 8.34. The number of hydrogen-bond acceptors (Lipinski definition) is 4. The molecule has 0 aromatic heterocycles. The molecule has 1 unspecified atom stereocenters. The Morgan fingerprint density at radius 3 is 2.48 bits per heavy atom. The summed E-state index contributed by atoms with van der Waals surface area (Å²) in [7, 11) is 3.51. The highest BCUT2D eigenvalue weighted by Gasteiger charge is 2.41. The summed E-state index contributed by atoms with van der Waals surface area (Å²) in [6.45, 7) is 1.43. The molecule has 2 N–H and O–H groups in total. The number of likely N-dealkylation sites (N-methyl/N-ethyl adjacent to an activating group) is 1. The van der Waals surface area contributed by atoms with E-state index in [1.165, 1.54) is 38.5 Å². The smallest absolute Gasteiger partial charge is 0.243 e. The van der Waals surface area contributed by atoms with E-state index in [9.17, 15) is 4.79 Å². The third-order valence-electron chi connectivity index (χ3n) is 5.84. The Kier molecular flexibility index (Phi) is 7.35. The van der Waals surface area contributed by atoms with Gasteiger partial charge in [-0.1, -0.05) is 25.7 Å². The zero-order valence-corrected chi connectivity index (χ0v) is 17.0. The molecule has 1 saturated heterocycles. The number of carbonyl (C=O) groups excluding carboxylic acids is 1. The fourth-order valence-corrected chi connectivity index (χ4v) is 4.16. The van der Waals surface area contributed by atoms with Gasteiger partial charge >= 0.3 is 0 Å². The van der Waals surface area contributed by atoms with Gasteiger partial charge in [-0.05, 0) is 25.7 Å². The molecule has 0 aromatic rings. The number of rotatable bonds is 5. The van der Waals surface area contributed by atoms with Crippen molar-refractivity contribution in [2.75, 3.05) is 33.8 Å². The normalized spacial score (nSPS) is 26.1. The Morgan fingerprint density at radius 1 is 1.11 bits per heavy atom. The predicted molar refractivity (Wildman–Crippen MR) is 106 cm³/mol. The lowest BCUT2D eigenvalue weighted by atomic mass is 10.1. The summed E-state index contributed by atoms with van der Waals surface area (Å²) < 4.78 is 12.4. The fourth-order valence-electron chi connectivity index (χ4n) is 4.16. The summed E-state index contributed by atoms with van der Waals surface area (Å²) in [5, 5.41) is 6.87. The molecule has 7 heteroatoms. The van der Waals surface area contributed by atoms with Crippen molar-refractivity contribution in [3.8, 4) is 0 Å². The van der Waals surface area contributed by atoms with Crippen LogP contribution in [0.1, 0.15) is 64.2 Å². The first-order valence-electron chi connectivity index (χ1n) is 10.6. The molecular weight excluding hydrogens is 344 g/mol. The van der Waals surface area contributed by atoms with E-state index >= 15 is 0 Å². The lowest BCUT2D eigenvalue weighted by Crippen LogP contribution is -2.46. The van der Waals surface area contributed by atoms with E-state index in [0.717, 1.165) is 25.7 Å². The Morgan fingerprint density at radius 2 is 1.81 bits per heavy atom. The molecule has 27 heavy (non-hydrogen) atoms. The Balaban J connectivity index is 1.52. The zero-order chi connectivity index (χ0) is 19.1. The van der Waals surface area contributed by atoms with Crippen LogP contribution in [0.25, 0.3) is 0 Å². The first kappa shape index (κ1) is 20.4. The molecule has 3 rings (SSSR count). The zero-order valence-electron chi connectivity index (χ0n) is 17.0. The quantitative estimate of drug-likeness (QED) is 0.564.